The molecule has 1 fully saturated rings. The highest BCUT2D eigenvalue weighted by Crippen LogP contribution is 2.31. The zero-order chi connectivity index (χ0) is 18.1. The maximum atomic E-state index is 12.7. The molecule has 1 aliphatic carbocycles. The van der Waals surface area contributed by atoms with Gasteiger partial charge in [-0.05, 0) is 36.8 Å². The van der Waals surface area contributed by atoms with E-state index in [1.165, 1.54) is 15.8 Å². The molecule has 1 saturated heterocycles. The molecule has 1 amide bonds. The minimum atomic E-state index is -0.109. The first kappa shape index (κ1) is 16.8. The highest BCUT2D eigenvalue weighted by Gasteiger charge is 2.29. The summed E-state index contributed by atoms with van der Waals surface area (Å²) in [6, 6.07) is 10.1. The number of aromatic nitrogens is 2. The molecule has 1 N–H and O–H groups in total. The van der Waals surface area contributed by atoms with E-state index in [0.29, 0.717) is 0 Å². The average Bonchev–Trinajstić information content (AvgIpc) is 3.07. The number of hydrogen-bond donors (Lipinski definition) is 1. The minimum Gasteiger partial charge on any atom is -0.370 e. The summed E-state index contributed by atoms with van der Waals surface area (Å²) >= 11 is 0. The zero-order valence-electron chi connectivity index (χ0n) is 15.0. The fourth-order valence-electron chi connectivity index (χ4n) is 4.03. The lowest BCUT2D eigenvalue weighted by Gasteiger charge is -2.33. The first-order valence-corrected chi connectivity index (χ1v) is 9.28. The van der Waals surface area contributed by atoms with Crippen molar-refractivity contribution in [1.29, 1.82) is 0 Å². The predicted octanol–water partition coefficient (Wildman–Crippen LogP) is 1.80. The van der Waals surface area contributed by atoms with Crippen LogP contribution in [0.15, 0.2) is 41.3 Å². The van der Waals surface area contributed by atoms with Crippen LogP contribution in [0.2, 0.25) is 0 Å². The van der Waals surface area contributed by atoms with Crippen LogP contribution in [0, 0.1) is 5.92 Å². The van der Waals surface area contributed by atoms with Crippen molar-refractivity contribution in [3.8, 4) is 0 Å². The lowest BCUT2D eigenvalue weighted by atomic mass is 9.95. The number of nitrogens with one attached hydrogen (secondary N) is 1. The Hall–Kier alpha value is -2.63. The van der Waals surface area contributed by atoms with E-state index in [9.17, 15) is 9.59 Å². The zero-order valence-corrected chi connectivity index (χ0v) is 15.0. The number of aryl methyl sites for hydroxylation is 2. The Morgan fingerprint density at radius 2 is 1.96 bits per heavy atom. The molecule has 0 saturated carbocycles. The van der Waals surface area contributed by atoms with Gasteiger partial charge in [-0.1, -0.05) is 24.3 Å². The van der Waals surface area contributed by atoms with Gasteiger partial charge in [0, 0.05) is 32.1 Å². The summed E-state index contributed by atoms with van der Waals surface area (Å²) in [4.78, 5) is 26.6. The SMILES string of the molecule is Cn1ncc(N2CCC(C(=O)N[C@H]3CCc4ccccc43)CC2)cc1=O. The Morgan fingerprint density at radius 3 is 2.73 bits per heavy atom. The Bertz CT molecular complexity index is 868. The summed E-state index contributed by atoms with van der Waals surface area (Å²) in [5.41, 5.74) is 3.36. The molecule has 2 aliphatic rings. The van der Waals surface area contributed by atoms with Crippen LogP contribution in [0.25, 0.3) is 0 Å². The number of benzene rings is 1. The maximum Gasteiger partial charge on any atom is 0.268 e. The average molecular weight is 352 g/mol. The van der Waals surface area contributed by atoms with Crippen LogP contribution in [0.3, 0.4) is 0 Å². The lowest BCUT2D eigenvalue weighted by Crippen LogP contribution is -2.41. The number of rotatable bonds is 3. The summed E-state index contributed by atoms with van der Waals surface area (Å²) in [6.07, 6.45) is 5.35. The molecule has 2 aromatic rings. The number of carbonyl (C=O) groups is 1. The van der Waals surface area contributed by atoms with E-state index >= 15 is 0 Å². The molecule has 0 radical (unpaired) electrons. The predicted molar refractivity (Wildman–Crippen MR) is 100 cm³/mol. The highest BCUT2D eigenvalue weighted by molar-refractivity contribution is 5.79. The van der Waals surface area contributed by atoms with E-state index in [2.05, 4.69) is 33.5 Å². The van der Waals surface area contributed by atoms with E-state index in [1.807, 2.05) is 6.07 Å². The summed E-state index contributed by atoms with van der Waals surface area (Å²) in [5, 5.41) is 7.33. The highest BCUT2D eigenvalue weighted by atomic mass is 16.2. The van der Waals surface area contributed by atoms with Crippen LogP contribution in [0.4, 0.5) is 5.69 Å². The summed E-state index contributed by atoms with van der Waals surface area (Å²) in [5.74, 6) is 0.201. The molecular weight excluding hydrogens is 328 g/mol. The number of nitrogens with zero attached hydrogens (tertiary/aromatic N) is 3. The molecule has 6 nitrogen and oxygen atoms in total. The topological polar surface area (TPSA) is 67.2 Å². The van der Waals surface area contributed by atoms with Gasteiger partial charge in [-0.3, -0.25) is 9.59 Å². The fourth-order valence-corrected chi connectivity index (χ4v) is 4.03. The van der Waals surface area contributed by atoms with Crippen molar-refractivity contribution in [2.75, 3.05) is 18.0 Å². The molecule has 0 spiro atoms. The summed E-state index contributed by atoms with van der Waals surface area (Å²) in [6.45, 7) is 1.54. The number of piperidine rings is 1. The molecule has 4 rings (SSSR count). The van der Waals surface area contributed by atoms with Crippen LogP contribution in [-0.4, -0.2) is 28.8 Å². The molecule has 1 aromatic carbocycles. The monoisotopic (exact) mass is 352 g/mol. The Labute approximate surface area is 152 Å². The van der Waals surface area contributed by atoms with Gasteiger partial charge in [0.25, 0.3) is 5.56 Å². The van der Waals surface area contributed by atoms with Gasteiger partial charge in [-0.2, -0.15) is 5.10 Å². The molecule has 1 aliphatic heterocycles. The van der Waals surface area contributed by atoms with E-state index < -0.39 is 0 Å². The van der Waals surface area contributed by atoms with Crippen molar-refractivity contribution < 1.29 is 4.79 Å². The second-order valence-corrected chi connectivity index (χ2v) is 7.24. The van der Waals surface area contributed by atoms with Crippen molar-refractivity contribution in [2.45, 2.75) is 31.7 Å². The van der Waals surface area contributed by atoms with Gasteiger partial charge in [0.15, 0.2) is 0 Å². The number of amides is 1. The number of hydrogen-bond acceptors (Lipinski definition) is 4. The number of fused-ring (bicyclic) bond motifs is 1. The first-order valence-electron chi connectivity index (χ1n) is 9.28. The Morgan fingerprint density at radius 1 is 1.19 bits per heavy atom. The largest absolute Gasteiger partial charge is 0.370 e. The molecule has 0 bridgehead atoms. The van der Waals surface area contributed by atoms with Crippen LogP contribution >= 0.6 is 0 Å². The third-order valence-electron chi connectivity index (χ3n) is 5.63. The van der Waals surface area contributed by atoms with Crippen LogP contribution < -0.4 is 15.8 Å². The Kier molecular flexibility index (Phi) is 4.49. The molecule has 136 valence electrons. The third-order valence-corrected chi connectivity index (χ3v) is 5.63. The van der Waals surface area contributed by atoms with Gasteiger partial charge < -0.3 is 10.2 Å². The van der Waals surface area contributed by atoms with Crippen molar-refractivity contribution in [3.05, 3.63) is 58.0 Å². The van der Waals surface area contributed by atoms with Gasteiger partial charge >= 0.3 is 0 Å². The molecule has 6 heteroatoms. The molecule has 0 unspecified atom stereocenters. The summed E-state index contributed by atoms with van der Waals surface area (Å²) < 4.78 is 1.32. The first-order chi connectivity index (χ1) is 12.6. The molecule has 26 heavy (non-hydrogen) atoms. The van der Waals surface area contributed by atoms with Gasteiger partial charge in [-0.25, -0.2) is 4.68 Å². The van der Waals surface area contributed by atoms with E-state index in [1.54, 1.807) is 19.3 Å². The third kappa shape index (κ3) is 3.23. The lowest BCUT2D eigenvalue weighted by molar-refractivity contribution is -0.126. The van der Waals surface area contributed by atoms with Crippen molar-refractivity contribution in [3.63, 3.8) is 0 Å². The second-order valence-electron chi connectivity index (χ2n) is 7.24. The van der Waals surface area contributed by atoms with E-state index in [-0.39, 0.29) is 23.4 Å². The number of carbonyl (C=O) groups excluding carboxylic acids is 1. The molecular formula is C20H24N4O2. The second kappa shape index (κ2) is 6.94. The van der Waals surface area contributed by atoms with Crippen LogP contribution in [0.5, 0.6) is 0 Å². The molecule has 1 atom stereocenters. The van der Waals surface area contributed by atoms with Gasteiger partial charge in [0.1, 0.15) is 0 Å². The van der Waals surface area contributed by atoms with Gasteiger partial charge in [0.2, 0.25) is 5.91 Å². The van der Waals surface area contributed by atoms with Gasteiger partial charge in [-0.15, -0.1) is 0 Å². The van der Waals surface area contributed by atoms with Crippen LogP contribution in [0.1, 0.15) is 36.4 Å². The van der Waals surface area contributed by atoms with Crippen molar-refractivity contribution >= 4 is 11.6 Å². The van der Waals surface area contributed by atoms with Gasteiger partial charge in [0.05, 0.1) is 17.9 Å². The van der Waals surface area contributed by atoms with Crippen LogP contribution in [-0.2, 0) is 18.3 Å². The fraction of sp³-hybridized carbons (Fsp3) is 0.450. The quantitative estimate of drug-likeness (QED) is 0.915. The summed E-state index contributed by atoms with van der Waals surface area (Å²) in [7, 11) is 1.64. The minimum absolute atomic E-state index is 0.0403. The Balaban J connectivity index is 1.35. The molecule has 2 heterocycles. The van der Waals surface area contributed by atoms with Crippen molar-refractivity contribution in [1.82, 2.24) is 15.1 Å². The molecule has 1 aromatic heterocycles. The normalized spacial score (nSPS) is 20.0. The van der Waals surface area contributed by atoms with E-state index in [4.69, 9.17) is 0 Å². The maximum absolute atomic E-state index is 12.7. The van der Waals surface area contributed by atoms with E-state index in [0.717, 1.165) is 44.5 Å². The number of anilines is 1. The standard InChI is InChI=1S/C20H24N4O2/c1-23-19(25)12-16(13-21-23)24-10-8-15(9-11-24)20(26)22-18-7-6-14-4-2-3-5-17(14)18/h2-5,12-13,15,18H,6-11H2,1H3,(H,22,26)/t18-/m0/s1. The van der Waals surface area contributed by atoms with Crippen molar-refractivity contribution in [2.24, 2.45) is 13.0 Å². The smallest absolute Gasteiger partial charge is 0.268 e.